The number of rotatable bonds is 3. The molecule has 1 saturated heterocycles. The molecule has 1 fully saturated rings. The Morgan fingerprint density at radius 3 is 2.48 bits per heavy atom. The predicted octanol–water partition coefficient (Wildman–Crippen LogP) is 3.79. The van der Waals surface area contributed by atoms with Gasteiger partial charge >= 0.3 is 0 Å². The molecular formula is C19H33N3O. The number of hydrogen-bond donors (Lipinski definition) is 0. The van der Waals surface area contributed by atoms with Gasteiger partial charge in [0.15, 0.2) is 0 Å². The molecule has 2 heterocycles. The highest BCUT2D eigenvalue weighted by molar-refractivity contribution is 5.77. The van der Waals surface area contributed by atoms with E-state index in [2.05, 4.69) is 37.7 Å². The second-order valence-electron chi connectivity index (χ2n) is 8.09. The molecule has 0 spiro atoms. The van der Waals surface area contributed by atoms with Gasteiger partial charge in [0.1, 0.15) is 0 Å². The summed E-state index contributed by atoms with van der Waals surface area (Å²) < 4.78 is 1.92. The summed E-state index contributed by atoms with van der Waals surface area (Å²) in [6.07, 6.45) is 6.17. The lowest BCUT2D eigenvalue weighted by atomic mass is 9.83. The normalized spacial score (nSPS) is 19.7. The summed E-state index contributed by atoms with van der Waals surface area (Å²) in [4.78, 5) is 15.1. The topological polar surface area (TPSA) is 38.1 Å². The van der Waals surface area contributed by atoms with E-state index in [1.54, 1.807) is 0 Å². The van der Waals surface area contributed by atoms with E-state index in [4.69, 9.17) is 0 Å². The minimum atomic E-state index is 0.153. The molecule has 0 aromatic carbocycles. The van der Waals surface area contributed by atoms with Crippen LogP contribution >= 0.6 is 0 Å². The quantitative estimate of drug-likeness (QED) is 0.850. The van der Waals surface area contributed by atoms with Gasteiger partial charge in [-0.15, -0.1) is 0 Å². The van der Waals surface area contributed by atoms with E-state index >= 15 is 0 Å². The van der Waals surface area contributed by atoms with Crippen LogP contribution in [0.4, 0.5) is 0 Å². The number of aromatic nitrogens is 2. The Labute approximate surface area is 141 Å². The number of carbonyl (C=O) groups excluding carboxylic acids is 1. The summed E-state index contributed by atoms with van der Waals surface area (Å²) in [6, 6.07) is 0.369. The Bertz CT molecular complexity index is 554. The first-order valence-electron chi connectivity index (χ1n) is 9.00. The summed E-state index contributed by atoms with van der Waals surface area (Å²) in [7, 11) is 1.97. The van der Waals surface area contributed by atoms with Gasteiger partial charge in [0.25, 0.3) is 0 Å². The number of likely N-dealkylation sites (tertiary alicyclic amines) is 1. The van der Waals surface area contributed by atoms with Gasteiger partial charge in [0.05, 0.1) is 5.69 Å². The zero-order valence-corrected chi connectivity index (χ0v) is 15.8. The van der Waals surface area contributed by atoms with E-state index in [1.165, 1.54) is 24.1 Å². The molecule has 1 aromatic heterocycles. The van der Waals surface area contributed by atoms with Crippen molar-refractivity contribution in [2.75, 3.05) is 6.54 Å². The highest BCUT2D eigenvalue weighted by Crippen LogP contribution is 2.32. The molecule has 1 aliphatic rings. The van der Waals surface area contributed by atoms with E-state index in [1.807, 2.05) is 18.7 Å². The molecule has 23 heavy (non-hydrogen) atoms. The fraction of sp³-hybridized carbons (Fsp3) is 0.789. The maximum atomic E-state index is 12.9. The lowest BCUT2D eigenvalue weighted by molar-refractivity contribution is -0.135. The van der Waals surface area contributed by atoms with Gasteiger partial charge in [-0.3, -0.25) is 9.48 Å². The molecular weight excluding hydrogens is 286 g/mol. The molecule has 0 saturated carbocycles. The van der Waals surface area contributed by atoms with Crippen molar-refractivity contribution in [2.45, 2.75) is 79.2 Å². The first-order valence-corrected chi connectivity index (χ1v) is 9.00. The third kappa shape index (κ3) is 4.15. The van der Waals surface area contributed by atoms with E-state index in [9.17, 15) is 4.79 Å². The summed E-state index contributed by atoms with van der Waals surface area (Å²) in [6.45, 7) is 11.8. The van der Waals surface area contributed by atoms with Gasteiger partial charge in [-0.05, 0) is 44.1 Å². The molecule has 130 valence electrons. The predicted molar refractivity (Wildman–Crippen MR) is 94.4 cm³/mol. The molecule has 1 aromatic rings. The van der Waals surface area contributed by atoms with Gasteiger partial charge in [-0.1, -0.05) is 33.6 Å². The van der Waals surface area contributed by atoms with Gasteiger partial charge < -0.3 is 4.90 Å². The van der Waals surface area contributed by atoms with Crippen LogP contribution in [0.25, 0.3) is 0 Å². The SMILES string of the molecule is Cc1nn(C)c(C)c1CCC(=O)N1CCCCC[C@H]1C(C)(C)C. The third-order valence-corrected chi connectivity index (χ3v) is 5.32. The highest BCUT2D eigenvalue weighted by atomic mass is 16.2. The van der Waals surface area contributed by atoms with Crippen LogP contribution in [0.15, 0.2) is 0 Å². The van der Waals surface area contributed by atoms with Crippen molar-refractivity contribution in [2.24, 2.45) is 12.5 Å². The molecule has 4 heteroatoms. The smallest absolute Gasteiger partial charge is 0.223 e. The lowest BCUT2D eigenvalue weighted by Crippen LogP contribution is -2.47. The fourth-order valence-corrected chi connectivity index (χ4v) is 3.86. The van der Waals surface area contributed by atoms with Crippen LogP contribution in [0.2, 0.25) is 0 Å². The van der Waals surface area contributed by atoms with Crippen LogP contribution in [0.1, 0.15) is 69.8 Å². The van der Waals surface area contributed by atoms with Crippen LogP contribution < -0.4 is 0 Å². The maximum absolute atomic E-state index is 12.9. The van der Waals surface area contributed by atoms with Gasteiger partial charge in [0.2, 0.25) is 5.91 Å². The van der Waals surface area contributed by atoms with Crippen LogP contribution in [-0.4, -0.2) is 33.2 Å². The molecule has 4 nitrogen and oxygen atoms in total. The van der Waals surface area contributed by atoms with Crippen LogP contribution in [0.5, 0.6) is 0 Å². The highest BCUT2D eigenvalue weighted by Gasteiger charge is 2.33. The zero-order valence-electron chi connectivity index (χ0n) is 15.8. The van der Waals surface area contributed by atoms with Gasteiger partial charge in [-0.25, -0.2) is 0 Å². The van der Waals surface area contributed by atoms with E-state index in [-0.39, 0.29) is 5.41 Å². The van der Waals surface area contributed by atoms with Gasteiger partial charge in [-0.2, -0.15) is 5.10 Å². The monoisotopic (exact) mass is 319 g/mol. The molecule has 0 radical (unpaired) electrons. The fourth-order valence-electron chi connectivity index (χ4n) is 3.86. The minimum absolute atomic E-state index is 0.153. The summed E-state index contributed by atoms with van der Waals surface area (Å²) in [5.74, 6) is 0.314. The largest absolute Gasteiger partial charge is 0.339 e. The Balaban J connectivity index is 2.08. The van der Waals surface area contributed by atoms with Crippen molar-refractivity contribution in [1.82, 2.24) is 14.7 Å². The zero-order chi connectivity index (χ0) is 17.2. The van der Waals surface area contributed by atoms with E-state index in [0.29, 0.717) is 18.4 Å². The van der Waals surface area contributed by atoms with Crippen molar-refractivity contribution in [3.05, 3.63) is 17.0 Å². The van der Waals surface area contributed by atoms with Crippen molar-refractivity contribution < 1.29 is 4.79 Å². The first kappa shape index (κ1) is 18.0. The van der Waals surface area contributed by atoms with Crippen LogP contribution in [0, 0.1) is 19.3 Å². The molecule has 1 amide bonds. The molecule has 1 aliphatic heterocycles. The molecule has 0 N–H and O–H groups in total. The number of amides is 1. The second kappa shape index (κ2) is 7.06. The Hall–Kier alpha value is -1.32. The molecule has 1 atom stereocenters. The summed E-state index contributed by atoms with van der Waals surface area (Å²) in [5.41, 5.74) is 3.63. The Morgan fingerprint density at radius 1 is 1.22 bits per heavy atom. The van der Waals surface area contributed by atoms with Crippen LogP contribution in [-0.2, 0) is 18.3 Å². The van der Waals surface area contributed by atoms with E-state index < -0.39 is 0 Å². The van der Waals surface area contributed by atoms with Crippen molar-refractivity contribution in [3.8, 4) is 0 Å². The third-order valence-electron chi connectivity index (χ3n) is 5.32. The summed E-state index contributed by atoms with van der Waals surface area (Å²) >= 11 is 0. The maximum Gasteiger partial charge on any atom is 0.223 e. The minimum Gasteiger partial charge on any atom is -0.339 e. The lowest BCUT2D eigenvalue weighted by Gasteiger charge is -2.39. The standard InChI is InChI=1S/C19H33N3O/c1-14-16(15(2)21(6)20-14)11-12-18(23)22-13-9-7-8-10-17(22)19(3,4)5/h17H,7-13H2,1-6H3/t17-/m0/s1. The Morgan fingerprint density at radius 2 is 1.91 bits per heavy atom. The Kier molecular flexibility index (Phi) is 5.53. The molecule has 2 rings (SSSR count). The first-order chi connectivity index (χ1) is 10.7. The van der Waals surface area contributed by atoms with Crippen molar-refractivity contribution in [3.63, 3.8) is 0 Å². The second-order valence-corrected chi connectivity index (χ2v) is 8.09. The number of carbonyl (C=O) groups is 1. The average Bonchev–Trinajstić information content (AvgIpc) is 2.67. The molecule has 0 unspecified atom stereocenters. The summed E-state index contributed by atoms with van der Waals surface area (Å²) in [5, 5.41) is 4.46. The number of hydrogen-bond acceptors (Lipinski definition) is 2. The van der Waals surface area contributed by atoms with Crippen LogP contribution in [0.3, 0.4) is 0 Å². The van der Waals surface area contributed by atoms with E-state index in [0.717, 1.165) is 31.5 Å². The van der Waals surface area contributed by atoms with Gasteiger partial charge in [0, 0.05) is 31.7 Å². The van der Waals surface area contributed by atoms with Crippen molar-refractivity contribution in [1.29, 1.82) is 0 Å². The van der Waals surface area contributed by atoms with Crippen molar-refractivity contribution >= 4 is 5.91 Å². The average molecular weight is 319 g/mol. The molecule has 0 bridgehead atoms. The molecule has 0 aliphatic carbocycles. The number of nitrogens with zero attached hydrogens (tertiary/aromatic N) is 3. The number of aryl methyl sites for hydroxylation is 2.